The van der Waals surface area contributed by atoms with Crippen molar-refractivity contribution in [2.45, 2.75) is 11.8 Å². The van der Waals surface area contributed by atoms with Crippen molar-refractivity contribution in [1.82, 2.24) is 0 Å². The molecule has 1 amide bonds. The first-order valence-corrected chi connectivity index (χ1v) is 9.25. The number of carbonyl (C=O) groups excluding carboxylic acids is 1. The predicted molar refractivity (Wildman–Crippen MR) is 107 cm³/mol. The van der Waals surface area contributed by atoms with Gasteiger partial charge in [-0.1, -0.05) is 25.1 Å². The molecule has 3 aromatic rings. The molecule has 0 heterocycles. The molecule has 132 valence electrons. The smallest absolute Gasteiger partial charge is 0.255 e. The summed E-state index contributed by atoms with van der Waals surface area (Å²) in [6, 6.07) is 19.0. The number of nitrogens with two attached hydrogens (primary N) is 1. The Balaban J connectivity index is 1.81. The van der Waals surface area contributed by atoms with Gasteiger partial charge in [0, 0.05) is 10.5 Å². The minimum Gasteiger partial charge on any atom is -0.397 e. The maximum Gasteiger partial charge on any atom is 0.255 e. The molecule has 0 aliphatic carbocycles. The maximum absolute atomic E-state index is 13.1. The van der Waals surface area contributed by atoms with Crippen molar-refractivity contribution >= 4 is 29.0 Å². The molecule has 3 N–H and O–H groups in total. The zero-order chi connectivity index (χ0) is 18.5. The highest BCUT2D eigenvalue weighted by atomic mass is 32.2. The minimum atomic E-state index is -0.289. The molecule has 0 atom stereocenters. The normalized spacial score (nSPS) is 10.5. The molecular formula is C21H19FN2OS. The standard InChI is InChI=1S/C21H19FN2OS/c1-2-26-18-10-5-15(6-11-18)21(25)24-20-13-16(7-12-19(20)23)14-3-8-17(22)9-4-14/h3-13H,2,23H2,1H3,(H,24,25). The van der Waals surface area contributed by atoms with Crippen molar-refractivity contribution in [3.8, 4) is 11.1 Å². The van der Waals surface area contributed by atoms with E-state index in [1.165, 1.54) is 12.1 Å². The van der Waals surface area contributed by atoms with Crippen molar-refractivity contribution in [3.05, 3.63) is 78.1 Å². The van der Waals surface area contributed by atoms with Crippen molar-refractivity contribution in [3.63, 3.8) is 0 Å². The van der Waals surface area contributed by atoms with E-state index in [4.69, 9.17) is 5.73 Å². The number of benzene rings is 3. The molecule has 0 bridgehead atoms. The van der Waals surface area contributed by atoms with Gasteiger partial charge < -0.3 is 11.1 Å². The first kappa shape index (κ1) is 18.0. The van der Waals surface area contributed by atoms with Crippen LogP contribution < -0.4 is 11.1 Å². The van der Waals surface area contributed by atoms with Crippen LogP contribution in [-0.2, 0) is 0 Å². The molecule has 0 aliphatic rings. The molecule has 3 rings (SSSR count). The van der Waals surface area contributed by atoms with E-state index in [0.29, 0.717) is 16.9 Å². The van der Waals surface area contributed by atoms with Crippen molar-refractivity contribution < 1.29 is 9.18 Å². The van der Waals surface area contributed by atoms with Gasteiger partial charge in [-0.05, 0) is 65.4 Å². The third kappa shape index (κ3) is 4.24. The van der Waals surface area contributed by atoms with Crippen LogP contribution in [0.25, 0.3) is 11.1 Å². The van der Waals surface area contributed by atoms with Crippen molar-refractivity contribution in [1.29, 1.82) is 0 Å². The van der Waals surface area contributed by atoms with Crippen LogP contribution in [0.2, 0.25) is 0 Å². The number of nitrogens with one attached hydrogen (secondary N) is 1. The average Bonchev–Trinajstić information content (AvgIpc) is 2.65. The summed E-state index contributed by atoms with van der Waals surface area (Å²) in [7, 11) is 0. The van der Waals surface area contributed by atoms with Crippen LogP contribution in [-0.4, -0.2) is 11.7 Å². The second-order valence-corrected chi connectivity index (χ2v) is 7.06. The second kappa shape index (κ2) is 8.06. The van der Waals surface area contributed by atoms with Crippen LogP contribution in [0, 0.1) is 5.82 Å². The number of amides is 1. The summed E-state index contributed by atoms with van der Waals surface area (Å²) in [5, 5.41) is 2.85. The quantitative estimate of drug-likeness (QED) is 0.467. The van der Waals surface area contributed by atoms with Gasteiger partial charge in [0.2, 0.25) is 0 Å². The summed E-state index contributed by atoms with van der Waals surface area (Å²) >= 11 is 1.72. The zero-order valence-electron chi connectivity index (χ0n) is 14.3. The fourth-order valence-corrected chi connectivity index (χ4v) is 3.21. The zero-order valence-corrected chi connectivity index (χ0v) is 15.1. The van der Waals surface area contributed by atoms with Crippen LogP contribution >= 0.6 is 11.8 Å². The van der Waals surface area contributed by atoms with Gasteiger partial charge in [-0.25, -0.2) is 4.39 Å². The van der Waals surface area contributed by atoms with E-state index in [1.807, 2.05) is 18.2 Å². The van der Waals surface area contributed by atoms with E-state index >= 15 is 0 Å². The van der Waals surface area contributed by atoms with Gasteiger partial charge in [-0.15, -0.1) is 11.8 Å². The number of rotatable bonds is 5. The lowest BCUT2D eigenvalue weighted by Crippen LogP contribution is -2.13. The monoisotopic (exact) mass is 366 g/mol. The number of hydrogen-bond donors (Lipinski definition) is 2. The molecule has 0 saturated heterocycles. The minimum absolute atomic E-state index is 0.221. The number of thioether (sulfide) groups is 1. The fourth-order valence-electron chi connectivity index (χ4n) is 2.55. The molecule has 0 aliphatic heterocycles. The molecule has 0 unspecified atom stereocenters. The van der Waals surface area contributed by atoms with E-state index < -0.39 is 0 Å². The molecule has 3 aromatic carbocycles. The topological polar surface area (TPSA) is 55.1 Å². The summed E-state index contributed by atoms with van der Waals surface area (Å²) < 4.78 is 13.1. The number of hydrogen-bond acceptors (Lipinski definition) is 3. The molecule has 0 aromatic heterocycles. The lowest BCUT2D eigenvalue weighted by atomic mass is 10.0. The largest absolute Gasteiger partial charge is 0.397 e. The Labute approximate surface area is 156 Å². The lowest BCUT2D eigenvalue weighted by molar-refractivity contribution is 0.102. The third-order valence-corrected chi connectivity index (χ3v) is 4.80. The van der Waals surface area contributed by atoms with Crippen molar-refractivity contribution in [2.24, 2.45) is 0 Å². The van der Waals surface area contributed by atoms with E-state index in [1.54, 1.807) is 48.2 Å². The summed E-state index contributed by atoms with van der Waals surface area (Å²) in [6.45, 7) is 2.09. The van der Waals surface area contributed by atoms with Gasteiger partial charge in [-0.3, -0.25) is 4.79 Å². The highest BCUT2D eigenvalue weighted by Crippen LogP contribution is 2.28. The number of halogens is 1. The molecular weight excluding hydrogens is 347 g/mol. The highest BCUT2D eigenvalue weighted by molar-refractivity contribution is 7.99. The van der Waals surface area contributed by atoms with Crippen molar-refractivity contribution in [2.75, 3.05) is 16.8 Å². The maximum atomic E-state index is 13.1. The SMILES string of the molecule is CCSc1ccc(C(=O)Nc2cc(-c3ccc(F)cc3)ccc2N)cc1. The van der Waals surface area contributed by atoms with Crippen LogP contribution in [0.3, 0.4) is 0 Å². The van der Waals surface area contributed by atoms with E-state index in [2.05, 4.69) is 12.2 Å². The molecule has 0 spiro atoms. The summed E-state index contributed by atoms with van der Waals surface area (Å²) in [4.78, 5) is 13.6. The Bertz CT molecular complexity index is 908. The predicted octanol–water partition coefficient (Wildman–Crippen LogP) is 5.44. The van der Waals surface area contributed by atoms with Gasteiger partial charge in [0.1, 0.15) is 5.82 Å². The molecule has 3 nitrogen and oxygen atoms in total. The summed E-state index contributed by atoms with van der Waals surface area (Å²) in [5.74, 6) is 0.474. The number of carbonyl (C=O) groups is 1. The highest BCUT2D eigenvalue weighted by Gasteiger charge is 2.10. The third-order valence-electron chi connectivity index (χ3n) is 3.91. The fraction of sp³-hybridized carbons (Fsp3) is 0.0952. The first-order chi connectivity index (χ1) is 12.6. The number of anilines is 2. The van der Waals surface area contributed by atoms with Gasteiger partial charge in [0.25, 0.3) is 5.91 Å². The van der Waals surface area contributed by atoms with Crippen LogP contribution in [0.4, 0.5) is 15.8 Å². The van der Waals surface area contributed by atoms with Gasteiger partial charge in [0.15, 0.2) is 0 Å². The van der Waals surface area contributed by atoms with Gasteiger partial charge in [0.05, 0.1) is 11.4 Å². The molecule has 26 heavy (non-hydrogen) atoms. The van der Waals surface area contributed by atoms with E-state index in [0.717, 1.165) is 21.8 Å². The molecule has 0 fully saturated rings. The summed E-state index contributed by atoms with van der Waals surface area (Å²) in [6.07, 6.45) is 0. The van der Waals surface area contributed by atoms with Crippen LogP contribution in [0.1, 0.15) is 17.3 Å². The lowest BCUT2D eigenvalue weighted by Gasteiger charge is -2.11. The second-order valence-electron chi connectivity index (χ2n) is 5.72. The Morgan fingerprint density at radius 3 is 2.31 bits per heavy atom. The van der Waals surface area contributed by atoms with Crippen LogP contribution in [0.15, 0.2) is 71.6 Å². The van der Waals surface area contributed by atoms with Gasteiger partial charge >= 0.3 is 0 Å². The van der Waals surface area contributed by atoms with Gasteiger partial charge in [-0.2, -0.15) is 0 Å². The Kier molecular flexibility index (Phi) is 5.58. The Morgan fingerprint density at radius 2 is 1.65 bits per heavy atom. The molecule has 0 radical (unpaired) electrons. The first-order valence-electron chi connectivity index (χ1n) is 8.26. The number of nitrogen functional groups attached to an aromatic ring is 1. The summed E-state index contributed by atoms with van der Waals surface area (Å²) in [5.41, 5.74) is 9.28. The Hall–Kier alpha value is -2.79. The van der Waals surface area contributed by atoms with Crippen LogP contribution in [0.5, 0.6) is 0 Å². The van der Waals surface area contributed by atoms with E-state index in [-0.39, 0.29) is 11.7 Å². The molecule has 0 saturated carbocycles. The Morgan fingerprint density at radius 1 is 1.00 bits per heavy atom. The molecule has 5 heteroatoms. The average molecular weight is 366 g/mol. The van der Waals surface area contributed by atoms with E-state index in [9.17, 15) is 9.18 Å².